The number of carbonyl (C=O) groups is 2. The summed E-state index contributed by atoms with van der Waals surface area (Å²) in [5, 5.41) is 3.79. The SMILES string of the molecule is CC(=O)OCc1ccc(-c2ccc(C=C3SC(Nc4cc[c]([Na])cc4)=NC3=O)cc2)cc1. The first-order chi connectivity index (χ1) is 15.5. The molecule has 3 aromatic carbocycles. The Morgan fingerprint density at radius 2 is 1.62 bits per heavy atom. The number of esters is 1. The second-order valence-corrected chi connectivity index (χ2v) is 9.61. The monoisotopic (exact) mass is 450 g/mol. The predicted molar refractivity (Wildman–Crippen MR) is 131 cm³/mol. The van der Waals surface area contributed by atoms with Crippen LogP contribution in [0, 0.1) is 0 Å². The number of thioether (sulfide) groups is 1. The summed E-state index contributed by atoms with van der Waals surface area (Å²) in [6.07, 6.45) is 1.86. The van der Waals surface area contributed by atoms with Crippen LogP contribution in [0.2, 0.25) is 0 Å². The van der Waals surface area contributed by atoms with Gasteiger partial charge >= 0.3 is 145 Å². The van der Waals surface area contributed by atoms with Crippen LogP contribution in [0.3, 0.4) is 0 Å². The first kappa shape index (κ1) is 22.6. The van der Waals surface area contributed by atoms with Gasteiger partial charge in [0.15, 0.2) is 0 Å². The number of hydrogen-bond acceptors (Lipinski definition) is 5. The second-order valence-electron chi connectivity index (χ2n) is 7.42. The van der Waals surface area contributed by atoms with Gasteiger partial charge in [0.05, 0.1) is 0 Å². The zero-order valence-corrected chi connectivity index (χ0v) is 20.6. The number of rotatable bonds is 5. The smallest absolute Gasteiger partial charge is 0.0550 e. The van der Waals surface area contributed by atoms with Crippen LogP contribution in [0.1, 0.15) is 18.1 Å². The van der Waals surface area contributed by atoms with E-state index < -0.39 is 0 Å². The third kappa shape index (κ3) is 5.99. The molecular weight excluding hydrogens is 431 g/mol. The van der Waals surface area contributed by atoms with Gasteiger partial charge in [0, 0.05) is 6.92 Å². The van der Waals surface area contributed by atoms with Crippen LogP contribution in [-0.4, -0.2) is 45.0 Å². The number of anilines is 1. The number of amides is 1. The molecule has 0 saturated heterocycles. The standard InChI is InChI=1S/C25H19N2O3S.Na/c1-17(28)30-16-19-9-13-21(14-10-19)20-11-7-18(8-12-20)15-23-24(29)27-25(31-23)26-22-5-3-2-4-6-22;/h3-15H,16H2,1H3,(H,26,27,29);. The molecule has 4 rings (SSSR count). The van der Waals surface area contributed by atoms with Gasteiger partial charge in [-0.15, -0.1) is 0 Å². The van der Waals surface area contributed by atoms with Crippen LogP contribution < -0.4 is 8.13 Å². The first-order valence-electron chi connectivity index (χ1n) is 10.2. The molecule has 0 aromatic heterocycles. The molecule has 7 heteroatoms. The Morgan fingerprint density at radius 1 is 1.00 bits per heavy atom. The average molecular weight is 450 g/mol. The summed E-state index contributed by atoms with van der Waals surface area (Å²) in [5.41, 5.74) is 4.94. The van der Waals surface area contributed by atoms with Gasteiger partial charge in [0.2, 0.25) is 0 Å². The number of nitrogens with zero attached hydrogens (tertiary/aromatic N) is 1. The van der Waals surface area contributed by atoms with Crippen molar-refractivity contribution in [3.8, 4) is 11.1 Å². The number of nitrogens with one attached hydrogen (secondary N) is 1. The van der Waals surface area contributed by atoms with Gasteiger partial charge in [-0.2, -0.15) is 0 Å². The Hall–Kier alpha value is -2.64. The van der Waals surface area contributed by atoms with Gasteiger partial charge < -0.3 is 4.74 Å². The Kier molecular flexibility index (Phi) is 7.27. The van der Waals surface area contributed by atoms with E-state index in [1.54, 1.807) is 0 Å². The molecule has 154 valence electrons. The van der Waals surface area contributed by atoms with Gasteiger partial charge in [-0.3, -0.25) is 4.79 Å². The Balaban J connectivity index is 1.40. The van der Waals surface area contributed by atoms with E-state index in [-0.39, 0.29) is 18.5 Å². The molecule has 0 spiro atoms. The molecular formula is C25H19N2NaO3S. The minimum atomic E-state index is -0.289. The van der Waals surface area contributed by atoms with Crippen LogP contribution in [0.25, 0.3) is 17.2 Å². The third-order valence-electron chi connectivity index (χ3n) is 4.86. The molecule has 0 saturated carbocycles. The van der Waals surface area contributed by atoms with E-state index in [9.17, 15) is 9.59 Å². The average Bonchev–Trinajstić information content (AvgIpc) is 3.13. The molecule has 0 unspecified atom stereocenters. The van der Waals surface area contributed by atoms with Crippen LogP contribution in [0.5, 0.6) is 0 Å². The van der Waals surface area contributed by atoms with E-state index in [1.807, 2.05) is 66.7 Å². The number of aliphatic imine (C=N–C) groups is 1. The van der Waals surface area contributed by atoms with E-state index in [4.69, 9.17) is 4.74 Å². The van der Waals surface area contributed by atoms with Gasteiger partial charge in [0.1, 0.15) is 6.61 Å². The molecule has 5 nitrogen and oxygen atoms in total. The molecule has 0 bridgehead atoms. The first-order valence-corrected chi connectivity index (χ1v) is 12.0. The van der Waals surface area contributed by atoms with Crippen molar-refractivity contribution in [2.75, 3.05) is 5.32 Å². The van der Waals surface area contributed by atoms with E-state index in [2.05, 4.69) is 22.4 Å². The Labute approximate surface area is 208 Å². The summed E-state index contributed by atoms with van der Waals surface area (Å²) < 4.78 is 6.33. The number of ether oxygens (including phenoxy) is 1. The number of amidine groups is 1. The summed E-state index contributed by atoms with van der Waals surface area (Å²) in [6.45, 7) is 1.68. The van der Waals surface area contributed by atoms with Crippen LogP contribution in [-0.2, 0) is 20.9 Å². The van der Waals surface area contributed by atoms with Gasteiger partial charge in [-0.25, -0.2) is 0 Å². The number of hydrogen-bond donors (Lipinski definition) is 1. The molecule has 3 aromatic rings. The van der Waals surface area contributed by atoms with Crippen molar-refractivity contribution in [1.82, 2.24) is 0 Å². The number of carbonyl (C=O) groups excluding carboxylic acids is 2. The van der Waals surface area contributed by atoms with Crippen molar-refractivity contribution in [3.63, 3.8) is 0 Å². The molecule has 32 heavy (non-hydrogen) atoms. The molecule has 0 radical (unpaired) electrons. The summed E-state index contributed by atoms with van der Waals surface area (Å²) in [4.78, 5) is 28.0. The normalized spacial score (nSPS) is 14.4. The fourth-order valence-corrected chi connectivity index (χ4v) is 4.29. The van der Waals surface area contributed by atoms with Gasteiger partial charge in [0.25, 0.3) is 0 Å². The molecule has 0 atom stereocenters. The summed E-state index contributed by atoms with van der Waals surface area (Å²) >= 11 is 2.36. The Bertz CT molecular complexity index is 1200. The second kappa shape index (κ2) is 10.3. The maximum atomic E-state index is 12.3. The van der Waals surface area contributed by atoms with Crippen LogP contribution in [0.4, 0.5) is 5.69 Å². The van der Waals surface area contributed by atoms with Gasteiger partial charge in [-0.05, 0) is 16.7 Å². The summed E-state index contributed by atoms with van der Waals surface area (Å²) in [5.74, 6) is -0.521. The molecule has 1 N–H and O–H groups in total. The van der Waals surface area contributed by atoms with Crippen LogP contribution in [0.15, 0.2) is 82.7 Å². The molecule has 1 aliphatic rings. The van der Waals surface area contributed by atoms with Gasteiger partial charge in [-0.1, -0.05) is 24.3 Å². The van der Waals surface area contributed by atoms with Crippen molar-refractivity contribution in [1.29, 1.82) is 0 Å². The van der Waals surface area contributed by atoms with E-state index in [0.29, 0.717) is 10.1 Å². The van der Waals surface area contributed by atoms with E-state index >= 15 is 0 Å². The summed E-state index contributed by atoms with van der Waals surface area (Å²) in [6, 6.07) is 24.1. The zero-order valence-electron chi connectivity index (χ0n) is 17.8. The topological polar surface area (TPSA) is 67.8 Å². The molecule has 1 heterocycles. The van der Waals surface area contributed by atoms with E-state index in [1.165, 1.54) is 21.5 Å². The maximum absolute atomic E-state index is 12.3. The number of benzene rings is 3. The fourth-order valence-electron chi connectivity index (χ4n) is 3.12. The minimum absolute atomic E-state index is 0.232. The van der Waals surface area contributed by atoms with Crippen molar-refractivity contribution in [2.24, 2.45) is 4.99 Å². The molecule has 0 fully saturated rings. The minimum Gasteiger partial charge on any atom is -0.0550 e. The quantitative estimate of drug-likeness (QED) is 0.357. The molecule has 0 aliphatic carbocycles. The van der Waals surface area contributed by atoms with Crippen molar-refractivity contribution in [3.05, 3.63) is 88.8 Å². The van der Waals surface area contributed by atoms with Crippen molar-refractivity contribution < 1.29 is 14.3 Å². The zero-order chi connectivity index (χ0) is 22.5. The third-order valence-corrected chi connectivity index (χ3v) is 6.43. The van der Waals surface area contributed by atoms with Crippen molar-refractivity contribution in [2.45, 2.75) is 13.5 Å². The predicted octanol–water partition coefficient (Wildman–Crippen LogP) is 4.29. The Morgan fingerprint density at radius 3 is 2.25 bits per heavy atom. The molecule has 1 aliphatic heterocycles. The molecule has 1 amide bonds. The van der Waals surface area contributed by atoms with Crippen molar-refractivity contribution >= 4 is 71.3 Å². The van der Waals surface area contributed by atoms with Crippen LogP contribution >= 0.6 is 11.8 Å². The summed E-state index contributed by atoms with van der Waals surface area (Å²) in [7, 11) is 0. The fraction of sp³-hybridized carbons (Fsp3) is 0.0800. The van der Waals surface area contributed by atoms with E-state index in [0.717, 1.165) is 55.9 Å².